The fraction of sp³-hybridized carbons (Fsp3) is 0.294. The summed E-state index contributed by atoms with van der Waals surface area (Å²) in [6.45, 7) is 5.47. The topological polar surface area (TPSA) is 12.0 Å². The van der Waals surface area contributed by atoms with Crippen LogP contribution in [-0.2, 0) is 12.0 Å². The molecule has 1 N–H and O–H groups in total. The van der Waals surface area contributed by atoms with Crippen LogP contribution in [0.1, 0.15) is 30.5 Å². The van der Waals surface area contributed by atoms with E-state index in [9.17, 15) is 0 Å². The fourth-order valence-electron chi connectivity index (χ4n) is 2.26. The first kappa shape index (κ1) is 15.7. The molecule has 0 radical (unpaired) electrons. The molecule has 1 nitrogen and oxygen atoms in total. The van der Waals surface area contributed by atoms with E-state index in [1.807, 2.05) is 7.05 Å². The third-order valence-electron chi connectivity index (χ3n) is 3.55. The van der Waals surface area contributed by atoms with Gasteiger partial charge in [0.2, 0.25) is 0 Å². The summed E-state index contributed by atoms with van der Waals surface area (Å²) >= 11 is 0. The molecule has 19 heavy (non-hydrogen) atoms. The zero-order chi connectivity index (χ0) is 13.0. The molecule has 0 saturated heterocycles. The molecular formula is C17H22ClN. The van der Waals surface area contributed by atoms with Gasteiger partial charge < -0.3 is 5.32 Å². The molecule has 0 aliphatic carbocycles. The Kier molecular flexibility index (Phi) is 5.59. The lowest BCUT2D eigenvalue weighted by Gasteiger charge is -2.26. The van der Waals surface area contributed by atoms with Crippen LogP contribution in [0.2, 0.25) is 0 Å². The van der Waals surface area contributed by atoms with Gasteiger partial charge >= 0.3 is 0 Å². The molecule has 2 heteroatoms. The van der Waals surface area contributed by atoms with Crippen LogP contribution in [0.3, 0.4) is 0 Å². The number of hydrogen-bond donors (Lipinski definition) is 1. The summed E-state index contributed by atoms with van der Waals surface area (Å²) in [7, 11) is 1.97. The van der Waals surface area contributed by atoms with Crippen molar-refractivity contribution >= 4 is 12.4 Å². The zero-order valence-electron chi connectivity index (χ0n) is 11.8. The molecule has 0 saturated carbocycles. The normalized spacial score (nSPS) is 10.9. The van der Waals surface area contributed by atoms with Gasteiger partial charge in [0.05, 0.1) is 0 Å². The summed E-state index contributed by atoms with van der Waals surface area (Å²) in [5, 5.41) is 3.17. The van der Waals surface area contributed by atoms with Gasteiger partial charge in [-0.2, -0.15) is 0 Å². The van der Waals surface area contributed by atoms with Crippen molar-refractivity contribution < 1.29 is 0 Å². The summed E-state index contributed by atoms with van der Waals surface area (Å²) in [5.41, 5.74) is 4.09. The maximum atomic E-state index is 3.17. The Morgan fingerprint density at radius 1 is 0.842 bits per heavy atom. The van der Waals surface area contributed by atoms with Gasteiger partial charge in [0.25, 0.3) is 0 Å². The molecule has 2 aromatic carbocycles. The minimum absolute atomic E-state index is 0. The van der Waals surface area contributed by atoms with Crippen molar-refractivity contribution in [2.75, 3.05) is 7.05 Å². The fourth-order valence-corrected chi connectivity index (χ4v) is 2.26. The number of halogens is 1. The van der Waals surface area contributed by atoms with E-state index in [4.69, 9.17) is 0 Å². The van der Waals surface area contributed by atoms with Crippen LogP contribution in [0.5, 0.6) is 0 Å². The minimum Gasteiger partial charge on any atom is -0.316 e. The first-order valence-electron chi connectivity index (χ1n) is 6.44. The van der Waals surface area contributed by atoms with E-state index in [2.05, 4.69) is 73.8 Å². The van der Waals surface area contributed by atoms with Gasteiger partial charge in [0.15, 0.2) is 0 Å². The quantitative estimate of drug-likeness (QED) is 0.884. The van der Waals surface area contributed by atoms with E-state index in [1.165, 1.54) is 16.7 Å². The van der Waals surface area contributed by atoms with Crippen LogP contribution >= 0.6 is 12.4 Å². The van der Waals surface area contributed by atoms with Gasteiger partial charge in [0.1, 0.15) is 0 Å². The summed E-state index contributed by atoms with van der Waals surface area (Å²) in [6.07, 6.45) is 0. The van der Waals surface area contributed by atoms with Crippen molar-refractivity contribution in [3.05, 3.63) is 71.3 Å². The monoisotopic (exact) mass is 275 g/mol. The maximum Gasteiger partial charge on any atom is 0.0202 e. The molecule has 2 aromatic rings. The van der Waals surface area contributed by atoms with Gasteiger partial charge in [0, 0.05) is 12.0 Å². The second-order valence-electron chi connectivity index (χ2n) is 5.22. The lowest BCUT2D eigenvalue weighted by Crippen LogP contribution is -2.18. The number of benzene rings is 2. The van der Waals surface area contributed by atoms with E-state index in [1.54, 1.807) is 0 Å². The van der Waals surface area contributed by atoms with Gasteiger partial charge in [-0.15, -0.1) is 12.4 Å². The highest BCUT2D eigenvalue weighted by Crippen LogP contribution is 2.31. The smallest absolute Gasteiger partial charge is 0.0202 e. The Bertz CT molecular complexity index is 488. The molecule has 0 heterocycles. The molecule has 0 spiro atoms. The van der Waals surface area contributed by atoms with Crippen molar-refractivity contribution in [2.45, 2.75) is 25.8 Å². The van der Waals surface area contributed by atoms with E-state index < -0.39 is 0 Å². The Hall–Kier alpha value is -1.31. The minimum atomic E-state index is 0. The van der Waals surface area contributed by atoms with Gasteiger partial charge in [-0.05, 0) is 23.7 Å². The van der Waals surface area contributed by atoms with Gasteiger partial charge in [-0.3, -0.25) is 0 Å². The Morgan fingerprint density at radius 2 is 1.37 bits per heavy atom. The highest BCUT2D eigenvalue weighted by molar-refractivity contribution is 5.85. The SMILES string of the molecule is CNCc1ccc(C(C)(C)c2ccccc2)cc1.Cl. The first-order chi connectivity index (χ1) is 8.64. The third-order valence-corrected chi connectivity index (χ3v) is 3.55. The molecule has 0 atom stereocenters. The summed E-state index contributed by atoms with van der Waals surface area (Å²) in [6, 6.07) is 19.5. The van der Waals surface area contributed by atoms with E-state index in [0.29, 0.717) is 0 Å². The molecule has 0 aliphatic heterocycles. The number of rotatable bonds is 4. The first-order valence-corrected chi connectivity index (χ1v) is 6.44. The highest BCUT2D eigenvalue weighted by atomic mass is 35.5. The second-order valence-corrected chi connectivity index (χ2v) is 5.22. The van der Waals surface area contributed by atoms with Crippen molar-refractivity contribution in [1.29, 1.82) is 0 Å². The zero-order valence-corrected chi connectivity index (χ0v) is 12.6. The molecule has 0 fully saturated rings. The lowest BCUT2D eigenvalue weighted by atomic mass is 9.78. The third kappa shape index (κ3) is 3.59. The predicted octanol–water partition coefficient (Wildman–Crippen LogP) is 4.15. The lowest BCUT2D eigenvalue weighted by molar-refractivity contribution is 0.640. The predicted molar refractivity (Wildman–Crippen MR) is 85.0 cm³/mol. The molecule has 0 aliphatic rings. The standard InChI is InChI=1S/C17H21N.ClH/c1-17(2,15-7-5-4-6-8-15)16-11-9-14(10-12-16)13-18-3;/h4-12,18H,13H2,1-3H3;1H. The molecule has 0 unspecified atom stereocenters. The average molecular weight is 276 g/mol. The second kappa shape index (κ2) is 6.74. The van der Waals surface area contributed by atoms with Crippen LogP contribution < -0.4 is 5.32 Å². The molecule has 102 valence electrons. The van der Waals surface area contributed by atoms with Crippen molar-refractivity contribution in [3.63, 3.8) is 0 Å². The van der Waals surface area contributed by atoms with E-state index in [-0.39, 0.29) is 17.8 Å². The maximum absolute atomic E-state index is 3.17. The van der Waals surface area contributed by atoms with Crippen molar-refractivity contribution in [3.8, 4) is 0 Å². The van der Waals surface area contributed by atoms with Crippen molar-refractivity contribution in [1.82, 2.24) is 5.32 Å². The van der Waals surface area contributed by atoms with Crippen LogP contribution in [0.4, 0.5) is 0 Å². The highest BCUT2D eigenvalue weighted by Gasteiger charge is 2.22. The van der Waals surface area contributed by atoms with Gasteiger partial charge in [-0.25, -0.2) is 0 Å². The Labute approximate surface area is 122 Å². The summed E-state index contributed by atoms with van der Waals surface area (Å²) < 4.78 is 0. The van der Waals surface area contributed by atoms with Crippen LogP contribution in [0.25, 0.3) is 0 Å². The van der Waals surface area contributed by atoms with E-state index in [0.717, 1.165) is 6.54 Å². The average Bonchev–Trinajstić information content (AvgIpc) is 2.41. The van der Waals surface area contributed by atoms with Crippen LogP contribution in [0, 0.1) is 0 Å². The largest absolute Gasteiger partial charge is 0.316 e. The van der Waals surface area contributed by atoms with E-state index >= 15 is 0 Å². The Balaban J connectivity index is 0.00000180. The van der Waals surface area contributed by atoms with Crippen LogP contribution in [0.15, 0.2) is 54.6 Å². The molecule has 2 rings (SSSR count). The van der Waals surface area contributed by atoms with Crippen molar-refractivity contribution in [2.24, 2.45) is 0 Å². The summed E-state index contributed by atoms with van der Waals surface area (Å²) in [5.74, 6) is 0. The van der Waals surface area contributed by atoms with Crippen LogP contribution in [-0.4, -0.2) is 7.05 Å². The molecular weight excluding hydrogens is 254 g/mol. The molecule has 0 bridgehead atoms. The number of nitrogens with one attached hydrogen (secondary N) is 1. The number of hydrogen-bond acceptors (Lipinski definition) is 1. The summed E-state index contributed by atoms with van der Waals surface area (Å²) in [4.78, 5) is 0. The molecule has 0 amide bonds. The molecule has 0 aromatic heterocycles. The van der Waals surface area contributed by atoms with Gasteiger partial charge in [-0.1, -0.05) is 68.4 Å². The Morgan fingerprint density at radius 3 is 1.89 bits per heavy atom.